The van der Waals surface area contributed by atoms with E-state index in [1.54, 1.807) is 10.7 Å². The number of aromatic nitrogens is 4. The van der Waals surface area contributed by atoms with Crippen molar-refractivity contribution < 1.29 is 8.42 Å². The van der Waals surface area contributed by atoms with E-state index >= 15 is 0 Å². The number of rotatable bonds is 2. The predicted molar refractivity (Wildman–Crippen MR) is 82.3 cm³/mol. The summed E-state index contributed by atoms with van der Waals surface area (Å²) in [7, 11) is -2.91. The molecule has 3 rings (SSSR count). The Morgan fingerprint density at radius 2 is 2.00 bits per heavy atom. The number of tetrazole rings is 1. The maximum Gasteiger partial charge on any atom is 0.183 e. The van der Waals surface area contributed by atoms with E-state index in [4.69, 9.17) is 5.73 Å². The van der Waals surface area contributed by atoms with Gasteiger partial charge in [0.2, 0.25) is 0 Å². The van der Waals surface area contributed by atoms with Gasteiger partial charge >= 0.3 is 0 Å². The van der Waals surface area contributed by atoms with Gasteiger partial charge in [-0.05, 0) is 51.3 Å². The first-order chi connectivity index (χ1) is 9.98. The highest BCUT2D eigenvalue weighted by Gasteiger charge is 2.28. The summed E-state index contributed by atoms with van der Waals surface area (Å²) in [6.45, 7) is 0. The van der Waals surface area contributed by atoms with Gasteiger partial charge in [-0.2, -0.15) is 0 Å². The summed E-state index contributed by atoms with van der Waals surface area (Å²) in [4.78, 5) is 0. The zero-order chi connectivity index (χ0) is 15.0. The van der Waals surface area contributed by atoms with E-state index in [1.807, 2.05) is 12.1 Å². The molecular formula is C12H14BrN5O2S. The maximum atomic E-state index is 11.5. The van der Waals surface area contributed by atoms with E-state index in [0.717, 1.165) is 10.0 Å². The lowest BCUT2D eigenvalue weighted by molar-refractivity contribution is 0.408. The molecule has 0 saturated carbocycles. The highest BCUT2D eigenvalue weighted by molar-refractivity contribution is 9.10. The van der Waals surface area contributed by atoms with Crippen molar-refractivity contribution in [1.29, 1.82) is 0 Å². The van der Waals surface area contributed by atoms with Crippen LogP contribution in [-0.4, -0.2) is 40.1 Å². The lowest BCUT2D eigenvalue weighted by Gasteiger charge is -2.22. The van der Waals surface area contributed by atoms with Crippen molar-refractivity contribution in [2.75, 3.05) is 17.2 Å². The molecule has 1 aliphatic heterocycles. The minimum absolute atomic E-state index is 0.00754. The van der Waals surface area contributed by atoms with Crippen LogP contribution in [0.15, 0.2) is 22.7 Å². The van der Waals surface area contributed by atoms with E-state index in [1.165, 1.54) is 0 Å². The fraction of sp³-hybridized carbons (Fsp3) is 0.417. The van der Waals surface area contributed by atoms with Crippen LogP contribution in [0.1, 0.15) is 18.9 Å². The number of nitrogens with zero attached hydrogens (tertiary/aromatic N) is 4. The molecule has 2 aromatic rings. The highest BCUT2D eigenvalue weighted by Crippen LogP contribution is 2.33. The fourth-order valence-corrected chi connectivity index (χ4v) is 4.37. The monoisotopic (exact) mass is 371 g/mol. The molecule has 2 N–H and O–H groups in total. The molecular weight excluding hydrogens is 358 g/mol. The van der Waals surface area contributed by atoms with Crippen LogP contribution in [0.4, 0.5) is 5.69 Å². The number of nitrogens with two attached hydrogens (primary N) is 1. The zero-order valence-corrected chi connectivity index (χ0v) is 13.5. The molecule has 21 heavy (non-hydrogen) atoms. The average molecular weight is 372 g/mol. The normalized spacial score (nSPS) is 18.7. The number of hydrogen-bond donors (Lipinski definition) is 1. The molecule has 1 aromatic heterocycles. The second kappa shape index (κ2) is 5.38. The van der Waals surface area contributed by atoms with Gasteiger partial charge in [0.05, 0.1) is 22.0 Å². The van der Waals surface area contributed by atoms with Gasteiger partial charge in [-0.1, -0.05) is 6.07 Å². The summed E-state index contributed by atoms with van der Waals surface area (Å²) in [6, 6.07) is 5.49. The van der Waals surface area contributed by atoms with Crippen LogP contribution in [0.3, 0.4) is 0 Å². The van der Waals surface area contributed by atoms with Gasteiger partial charge in [0.25, 0.3) is 0 Å². The van der Waals surface area contributed by atoms with Crippen molar-refractivity contribution >= 4 is 31.5 Å². The number of benzene rings is 1. The quantitative estimate of drug-likeness (QED) is 0.800. The number of hydrogen-bond acceptors (Lipinski definition) is 6. The van der Waals surface area contributed by atoms with Gasteiger partial charge in [0.15, 0.2) is 5.82 Å². The minimum Gasteiger partial charge on any atom is -0.398 e. The Kier molecular flexibility index (Phi) is 3.70. The molecule has 112 valence electrons. The largest absolute Gasteiger partial charge is 0.398 e. The molecule has 0 atom stereocenters. The van der Waals surface area contributed by atoms with Gasteiger partial charge in [0.1, 0.15) is 9.84 Å². The minimum atomic E-state index is -2.91. The van der Waals surface area contributed by atoms with E-state index < -0.39 is 9.84 Å². The third-order valence-corrected chi connectivity index (χ3v) is 6.23. The summed E-state index contributed by atoms with van der Waals surface area (Å²) in [6.07, 6.45) is 1.06. The molecule has 0 bridgehead atoms. The third-order valence-electron chi connectivity index (χ3n) is 3.63. The van der Waals surface area contributed by atoms with Gasteiger partial charge in [-0.25, -0.2) is 13.1 Å². The Hall–Kier alpha value is -1.48. The highest BCUT2D eigenvalue weighted by atomic mass is 79.9. The van der Waals surface area contributed by atoms with Crippen molar-refractivity contribution in [2.45, 2.75) is 18.9 Å². The molecule has 2 heterocycles. The Balaban J connectivity index is 1.97. The Bertz CT molecular complexity index is 760. The molecule has 7 nitrogen and oxygen atoms in total. The third kappa shape index (κ3) is 2.80. The smallest absolute Gasteiger partial charge is 0.183 e. The predicted octanol–water partition coefficient (Wildman–Crippen LogP) is 1.43. The molecule has 0 spiro atoms. The molecule has 0 unspecified atom stereocenters. The summed E-state index contributed by atoms with van der Waals surface area (Å²) in [5.74, 6) is 0.947. The number of halogens is 1. The van der Waals surface area contributed by atoms with Crippen LogP contribution in [0.2, 0.25) is 0 Å². The number of anilines is 1. The topological polar surface area (TPSA) is 104 Å². The first-order valence-electron chi connectivity index (χ1n) is 6.50. The first-order valence-corrected chi connectivity index (χ1v) is 9.12. The summed E-state index contributed by atoms with van der Waals surface area (Å²) in [5.41, 5.74) is 7.29. The first kappa shape index (κ1) is 14.5. The van der Waals surface area contributed by atoms with Crippen LogP contribution in [-0.2, 0) is 9.84 Å². The van der Waals surface area contributed by atoms with Crippen LogP contribution < -0.4 is 5.73 Å². The Morgan fingerprint density at radius 3 is 2.71 bits per heavy atom. The lowest BCUT2D eigenvalue weighted by Crippen LogP contribution is -2.26. The van der Waals surface area contributed by atoms with Gasteiger partial charge < -0.3 is 5.73 Å². The number of sulfone groups is 1. The lowest BCUT2D eigenvalue weighted by atomic mass is 10.1. The van der Waals surface area contributed by atoms with Crippen LogP contribution in [0.25, 0.3) is 11.4 Å². The van der Waals surface area contributed by atoms with E-state index in [2.05, 4.69) is 31.5 Å². The molecule has 1 saturated heterocycles. The summed E-state index contributed by atoms with van der Waals surface area (Å²) >= 11 is 3.45. The van der Waals surface area contributed by atoms with Crippen molar-refractivity contribution in [3.63, 3.8) is 0 Å². The molecule has 1 aromatic carbocycles. The molecule has 0 aliphatic carbocycles. The average Bonchev–Trinajstić information content (AvgIpc) is 2.91. The van der Waals surface area contributed by atoms with Crippen LogP contribution >= 0.6 is 15.9 Å². The van der Waals surface area contributed by atoms with Crippen molar-refractivity contribution in [2.24, 2.45) is 0 Å². The van der Waals surface area contributed by atoms with Gasteiger partial charge in [0, 0.05) is 11.3 Å². The molecule has 1 aliphatic rings. The standard InChI is InChI=1S/C12H14BrN5O2S/c13-11-9(2-1-3-10(11)14)12-15-16-17-18(12)8-4-6-21(19,20)7-5-8/h1-3,8H,4-7,14H2. The summed E-state index contributed by atoms with van der Waals surface area (Å²) < 4.78 is 25.5. The van der Waals surface area contributed by atoms with Gasteiger partial charge in [-0.3, -0.25) is 0 Å². The van der Waals surface area contributed by atoms with Crippen LogP contribution in [0.5, 0.6) is 0 Å². The second-order valence-electron chi connectivity index (χ2n) is 5.04. The van der Waals surface area contributed by atoms with E-state index in [9.17, 15) is 8.42 Å². The van der Waals surface area contributed by atoms with Crippen LogP contribution in [0, 0.1) is 0 Å². The Morgan fingerprint density at radius 1 is 1.29 bits per heavy atom. The van der Waals surface area contributed by atoms with E-state index in [0.29, 0.717) is 24.4 Å². The van der Waals surface area contributed by atoms with E-state index in [-0.39, 0.29) is 17.5 Å². The SMILES string of the molecule is Nc1cccc(-c2nnnn2C2CCS(=O)(=O)CC2)c1Br. The fourth-order valence-electron chi connectivity index (χ4n) is 2.46. The van der Waals surface area contributed by atoms with Crippen molar-refractivity contribution in [3.8, 4) is 11.4 Å². The van der Waals surface area contributed by atoms with Crippen molar-refractivity contribution in [3.05, 3.63) is 22.7 Å². The van der Waals surface area contributed by atoms with Crippen molar-refractivity contribution in [1.82, 2.24) is 20.2 Å². The molecule has 0 radical (unpaired) electrons. The molecule has 9 heteroatoms. The summed E-state index contributed by atoms with van der Waals surface area (Å²) in [5, 5.41) is 11.8. The Labute approximate surface area is 130 Å². The maximum absolute atomic E-state index is 11.5. The second-order valence-corrected chi connectivity index (χ2v) is 8.14. The van der Waals surface area contributed by atoms with Gasteiger partial charge in [-0.15, -0.1) is 5.10 Å². The molecule has 0 amide bonds. The molecule has 1 fully saturated rings. The number of nitrogen functional groups attached to an aromatic ring is 1. The zero-order valence-electron chi connectivity index (χ0n) is 11.1.